The molecule has 0 radical (unpaired) electrons. The summed E-state index contributed by atoms with van der Waals surface area (Å²) < 4.78 is 10.7. The Balaban J connectivity index is -0.000000118. The number of nitrogens with zero attached hydrogens (tertiary/aromatic N) is 1. The monoisotopic (exact) mass is 1680 g/mol. The Morgan fingerprint density at radius 1 is 0.138 bits per heavy atom. The molecule has 0 aliphatic rings. The molecule has 0 aromatic rings. The van der Waals surface area contributed by atoms with Crippen LogP contribution in [0.15, 0.2) is 0 Å². The van der Waals surface area contributed by atoms with Crippen LogP contribution >= 0.6 is 0 Å². The predicted molar refractivity (Wildman–Crippen MR) is 520 cm³/mol. The number of nitrogens with two attached hydrogens (primary N) is 22. The lowest BCUT2D eigenvalue weighted by Crippen LogP contribution is -2.24. The molecule has 0 aliphatic carbocycles. The van der Waals surface area contributed by atoms with Crippen LogP contribution < -0.4 is 153 Å². The first-order valence-corrected chi connectivity index (χ1v) is 47.8. The van der Waals surface area contributed by atoms with E-state index in [1.165, 1.54) is 205 Å². The van der Waals surface area contributed by atoms with Gasteiger partial charge < -0.3 is 167 Å². The van der Waals surface area contributed by atoms with Crippen molar-refractivity contribution in [3.05, 3.63) is 0 Å². The summed E-state index contributed by atoms with van der Waals surface area (Å²) in [6, 6.07) is 0. The van der Waals surface area contributed by atoms with Gasteiger partial charge in [0, 0.05) is 65.7 Å². The molecule has 0 unspecified atom stereocenters. The van der Waals surface area contributed by atoms with Crippen molar-refractivity contribution in [2.24, 2.45) is 126 Å². The molecule has 49 N–H and O–H groups in total. The Kier molecular flexibility index (Phi) is 196. The molecular formula is C86H222N28O2. The number of hydrogen-bond acceptors (Lipinski definition) is 30. The van der Waals surface area contributed by atoms with E-state index in [1.54, 1.807) is 0 Å². The maximum atomic E-state index is 5.42. The minimum atomic E-state index is 0.597. The summed E-state index contributed by atoms with van der Waals surface area (Å²) in [5.74, 6) is 0. The van der Waals surface area contributed by atoms with E-state index in [0.717, 1.165) is 319 Å². The maximum Gasteiger partial charge on any atom is 0.0478 e. The Morgan fingerprint density at radius 3 is 0.483 bits per heavy atom. The van der Waals surface area contributed by atoms with Crippen LogP contribution in [0.4, 0.5) is 0 Å². The third kappa shape index (κ3) is 206. The molecule has 718 valence electrons. The average Bonchev–Trinajstić information content (AvgIpc) is 1.44. The van der Waals surface area contributed by atoms with Gasteiger partial charge in [0.05, 0.1) is 0 Å². The topological polar surface area (TPSA) is 654 Å². The van der Waals surface area contributed by atoms with Crippen LogP contribution in [0.3, 0.4) is 0 Å². The molecule has 0 fully saturated rings. The first-order chi connectivity index (χ1) is 57.0. The molecule has 0 aromatic carbocycles. The highest BCUT2D eigenvalue weighted by Gasteiger charge is 1.98. The van der Waals surface area contributed by atoms with Gasteiger partial charge in [0.1, 0.15) is 0 Å². The van der Waals surface area contributed by atoms with Crippen LogP contribution in [-0.2, 0) is 9.47 Å². The molecule has 0 rings (SSSR count). The van der Waals surface area contributed by atoms with E-state index in [2.05, 4.69) is 38.5 Å². The second-order valence-electron chi connectivity index (χ2n) is 29.2. The van der Waals surface area contributed by atoms with Gasteiger partial charge in [-0.15, -0.1) is 0 Å². The molecule has 116 heavy (non-hydrogen) atoms. The van der Waals surface area contributed by atoms with Crippen molar-refractivity contribution in [1.82, 2.24) is 31.5 Å². The minimum absolute atomic E-state index is 0.597. The van der Waals surface area contributed by atoms with E-state index < -0.39 is 0 Å². The molecule has 0 bridgehead atoms. The van der Waals surface area contributed by atoms with Crippen LogP contribution in [0.1, 0.15) is 302 Å². The minimum Gasteiger partial charge on any atom is -0.381 e. The summed E-state index contributed by atoms with van der Waals surface area (Å²) in [4.78, 5) is 2.26. The zero-order valence-electron chi connectivity index (χ0n) is 77.6. The Labute approximate surface area is 721 Å². The fourth-order valence-corrected chi connectivity index (χ4v) is 10.0. The Morgan fingerprint density at radius 2 is 0.284 bits per heavy atom. The predicted octanol–water partition coefficient (Wildman–Crippen LogP) is 4.19. The molecular weight excluding hydrogens is 1460 g/mol. The SMILES string of the molecule is CN(CCCN)CCCN.NCCCCCCCCCCN.NCCCCCCCCN.NCCCCCCCCNCCCN.NCCCCCN.NCCCCCNCCCCCN.NCCCCCNCCCCCNCCN.NCCCCCNCCN.NCCCCN.NCCCOCCCCOCCCN.NCCN. The van der Waals surface area contributed by atoms with Gasteiger partial charge in [0.25, 0.3) is 0 Å². The fourth-order valence-electron chi connectivity index (χ4n) is 10.0. The van der Waals surface area contributed by atoms with E-state index in [4.69, 9.17) is 136 Å². The molecule has 0 saturated carbocycles. The molecule has 30 nitrogen and oxygen atoms in total. The molecule has 0 spiro atoms. The molecule has 0 aliphatic heterocycles. The van der Waals surface area contributed by atoms with Gasteiger partial charge >= 0.3 is 0 Å². The number of nitrogens with one attached hydrogen (secondary N) is 5. The molecule has 30 heteroatoms. The van der Waals surface area contributed by atoms with Crippen molar-refractivity contribution < 1.29 is 9.47 Å². The quantitative estimate of drug-likeness (QED) is 0.0380. The molecule has 0 atom stereocenters. The normalized spacial score (nSPS) is 10.3. The van der Waals surface area contributed by atoms with Crippen LogP contribution in [0.5, 0.6) is 0 Å². The first kappa shape index (κ1) is 138. The maximum absolute atomic E-state index is 5.42. The summed E-state index contributed by atoms with van der Waals surface area (Å²) in [7, 11) is 2.10. The zero-order valence-corrected chi connectivity index (χ0v) is 77.6. The molecule has 0 saturated heterocycles. The van der Waals surface area contributed by atoms with Crippen molar-refractivity contribution in [1.29, 1.82) is 0 Å². The summed E-state index contributed by atoms with van der Waals surface area (Å²) in [6.45, 7) is 33.4. The van der Waals surface area contributed by atoms with Crippen molar-refractivity contribution in [3.63, 3.8) is 0 Å². The molecule has 0 amide bonds. The standard InChI is InChI=1S/C12H30N4.C11H27N3.C10H25N3.C10H24N2O2.C10H24N2.C8H20N2.2C7H19N3.C5H14N2.C4H12N2.C2H8N2/c13-7-3-1-4-9-15-10-5-2-6-11-16-12-8-14;12-8-5-3-1-2-4-6-10-14-11-7-9-13;11-7-3-1-5-9-13-10-6-2-4-8-12;11-5-3-9-13-7-1-2-8-14-10-4-6-12;11-9-7-5-3-1-2-4-6-8-10-12;9-7-5-3-1-2-4-6-8-10;1-10(6-2-4-8)7-3-5-9;8-4-2-1-3-6-10-7-5-9;6-4-2-1-3-5-7;5-3-1-2-4-6;3-1-2-4/h15-16H,1-14H2;14H,1-13H2;13H,1-12H2;1-12H2;1-12H2;1-10H2;2-9H2,1H3;10H,1-9H2;1-7H2;1-6H2;1-4H2. The van der Waals surface area contributed by atoms with Gasteiger partial charge in [0.15, 0.2) is 0 Å². The van der Waals surface area contributed by atoms with Gasteiger partial charge in [-0.25, -0.2) is 0 Å². The first-order valence-electron chi connectivity index (χ1n) is 47.8. The van der Waals surface area contributed by atoms with E-state index in [-0.39, 0.29) is 0 Å². The van der Waals surface area contributed by atoms with Crippen LogP contribution in [-0.4, -0.2) is 261 Å². The van der Waals surface area contributed by atoms with Crippen molar-refractivity contribution >= 4 is 0 Å². The van der Waals surface area contributed by atoms with E-state index in [9.17, 15) is 0 Å². The van der Waals surface area contributed by atoms with Crippen molar-refractivity contribution in [3.8, 4) is 0 Å². The van der Waals surface area contributed by atoms with Gasteiger partial charge in [-0.05, 0) is 364 Å². The van der Waals surface area contributed by atoms with E-state index >= 15 is 0 Å². The van der Waals surface area contributed by atoms with Crippen LogP contribution in [0.25, 0.3) is 0 Å². The number of rotatable bonds is 82. The highest BCUT2D eigenvalue weighted by molar-refractivity contribution is 4.58. The highest BCUT2D eigenvalue weighted by Crippen LogP contribution is 2.08. The number of hydrogen-bond donors (Lipinski definition) is 27. The van der Waals surface area contributed by atoms with Gasteiger partial charge in [-0.2, -0.15) is 0 Å². The third-order valence-electron chi connectivity index (χ3n) is 17.3. The lowest BCUT2D eigenvalue weighted by atomic mass is 10.1. The summed E-state index contributed by atoms with van der Waals surface area (Å²) in [6.07, 6.45) is 57.3. The Bertz CT molecular complexity index is 1220. The summed E-state index contributed by atoms with van der Waals surface area (Å²) >= 11 is 0. The summed E-state index contributed by atoms with van der Waals surface area (Å²) in [5.41, 5.74) is 116. The zero-order chi connectivity index (χ0) is 88.6. The largest absolute Gasteiger partial charge is 0.381 e. The van der Waals surface area contributed by atoms with Gasteiger partial charge in [0.2, 0.25) is 0 Å². The second-order valence-corrected chi connectivity index (χ2v) is 29.2. The molecule has 0 heterocycles. The molecule has 0 aromatic heterocycles. The van der Waals surface area contributed by atoms with E-state index in [1.807, 2.05) is 0 Å². The average molecular weight is 1680 g/mol. The lowest BCUT2D eigenvalue weighted by molar-refractivity contribution is 0.102. The smallest absolute Gasteiger partial charge is 0.0478 e. The third-order valence-corrected chi connectivity index (χ3v) is 17.3. The van der Waals surface area contributed by atoms with Gasteiger partial charge in [-0.3, -0.25) is 0 Å². The second kappa shape index (κ2) is 165. The lowest BCUT2D eigenvalue weighted by Gasteiger charge is -2.14. The van der Waals surface area contributed by atoms with Gasteiger partial charge in [-0.1, -0.05) is 128 Å². The van der Waals surface area contributed by atoms with Crippen LogP contribution in [0.2, 0.25) is 0 Å². The highest BCUT2D eigenvalue weighted by atomic mass is 16.5. The van der Waals surface area contributed by atoms with E-state index in [0.29, 0.717) is 26.2 Å². The summed E-state index contributed by atoms with van der Waals surface area (Å²) in [5, 5.41) is 16.8. The van der Waals surface area contributed by atoms with Crippen LogP contribution in [0, 0.1) is 0 Å². The fraction of sp³-hybridized carbons (Fsp3) is 1.00. The number of unbranched alkanes of at least 4 members (excludes halogenated alkanes) is 31. The van der Waals surface area contributed by atoms with Crippen molar-refractivity contribution in [2.75, 3.05) is 256 Å². The van der Waals surface area contributed by atoms with Crippen molar-refractivity contribution in [2.45, 2.75) is 302 Å². The Hall–Kier alpha value is -1.20. The number of ether oxygens (including phenoxy) is 2.